The first kappa shape index (κ1) is 17.7. The number of piperazine rings is 1. The standard InChI is InChI=1S/C18H21ClN4O2S/c19-17-13-3-1-2-4-14(13)26-15(17)11-21-7-9-22(10-8-21)12-16(24)23-6-5-20-18(23)25/h1-4H,5-12H2,(H,20,25). The Hall–Kier alpha value is -1.67. The van der Waals surface area contributed by atoms with Crippen LogP contribution in [-0.4, -0.2) is 72.5 Å². The van der Waals surface area contributed by atoms with Crippen LogP contribution in [0.4, 0.5) is 4.79 Å². The van der Waals surface area contributed by atoms with Crippen LogP contribution in [0.3, 0.4) is 0 Å². The van der Waals surface area contributed by atoms with Gasteiger partial charge in [-0.1, -0.05) is 29.8 Å². The molecule has 3 heterocycles. The van der Waals surface area contributed by atoms with Gasteiger partial charge >= 0.3 is 6.03 Å². The highest BCUT2D eigenvalue weighted by molar-refractivity contribution is 7.19. The first-order valence-electron chi connectivity index (χ1n) is 8.80. The van der Waals surface area contributed by atoms with Gasteiger partial charge < -0.3 is 5.32 Å². The molecule has 1 N–H and O–H groups in total. The molecule has 0 bridgehead atoms. The number of imide groups is 1. The number of carbonyl (C=O) groups excluding carboxylic acids is 2. The fraction of sp³-hybridized carbons (Fsp3) is 0.444. The zero-order valence-corrected chi connectivity index (χ0v) is 16.0. The van der Waals surface area contributed by atoms with Crippen LogP contribution in [0.25, 0.3) is 10.1 Å². The van der Waals surface area contributed by atoms with E-state index in [1.165, 1.54) is 14.5 Å². The van der Waals surface area contributed by atoms with Gasteiger partial charge in [-0.05, 0) is 6.07 Å². The Kier molecular flexibility index (Phi) is 5.13. The predicted octanol–water partition coefficient (Wildman–Crippen LogP) is 2.22. The summed E-state index contributed by atoms with van der Waals surface area (Å²) in [6, 6.07) is 7.95. The average molecular weight is 393 g/mol. The summed E-state index contributed by atoms with van der Waals surface area (Å²) in [5.74, 6) is -0.110. The van der Waals surface area contributed by atoms with Gasteiger partial charge in [0.15, 0.2) is 0 Å². The van der Waals surface area contributed by atoms with Crippen molar-refractivity contribution >= 4 is 45.0 Å². The molecule has 0 aliphatic carbocycles. The summed E-state index contributed by atoms with van der Waals surface area (Å²) < 4.78 is 1.22. The maximum Gasteiger partial charge on any atom is 0.324 e. The Balaban J connectivity index is 1.31. The van der Waals surface area contributed by atoms with Crippen molar-refractivity contribution in [3.05, 3.63) is 34.2 Å². The first-order chi connectivity index (χ1) is 12.6. The van der Waals surface area contributed by atoms with Gasteiger partial charge in [-0.2, -0.15) is 0 Å². The molecule has 1 aromatic heterocycles. The van der Waals surface area contributed by atoms with Crippen LogP contribution in [0, 0.1) is 0 Å². The summed E-state index contributed by atoms with van der Waals surface area (Å²) in [5, 5.41) is 4.66. The van der Waals surface area contributed by atoms with Crippen molar-refractivity contribution in [2.75, 3.05) is 45.8 Å². The monoisotopic (exact) mass is 392 g/mol. The van der Waals surface area contributed by atoms with Gasteiger partial charge in [0, 0.05) is 60.8 Å². The smallest absolute Gasteiger partial charge is 0.324 e. The molecule has 0 atom stereocenters. The molecule has 6 nitrogen and oxygen atoms in total. The van der Waals surface area contributed by atoms with E-state index in [9.17, 15) is 9.59 Å². The number of urea groups is 1. The Bertz CT molecular complexity index is 832. The minimum absolute atomic E-state index is 0.110. The number of hydrogen-bond acceptors (Lipinski definition) is 5. The molecule has 138 valence electrons. The third-order valence-electron chi connectivity index (χ3n) is 4.95. The maximum atomic E-state index is 12.2. The zero-order valence-electron chi connectivity index (χ0n) is 14.4. The second-order valence-corrected chi connectivity index (χ2v) is 8.18. The lowest BCUT2D eigenvalue weighted by Gasteiger charge is -2.34. The highest BCUT2D eigenvalue weighted by Crippen LogP contribution is 2.35. The second kappa shape index (κ2) is 7.52. The van der Waals surface area contributed by atoms with Gasteiger partial charge in [0.05, 0.1) is 11.6 Å². The lowest BCUT2D eigenvalue weighted by Crippen LogP contribution is -2.50. The molecule has 2 saturated heterocycles. The fourth-order valence-electron chi connectivity index (χ4n) is 3.46. The highest BCUT2D eigenvalue weighted by atomic mass is 35.5. The third-order valence-corrected chi connectivity index (χ3v) is 6.65. The summed E-state index contributed by atoms with van der Waals surface area (Å²) in [6.07, 6.45) is 0. The van der Waals surface area contributed by atoms with Crippen LogP contribution in [-0.2, 0) is 11.3 Å². The summed E-state index contributed by atoms with van der Waals surface area (Å²) in [6.45, 7) is 5.61. The van der Waals surface area contributed by atoms with Crippen LogP contribution < -0.4 is 5.32 Å². The Morgan fingerprint density at radius 2 is 1.85 bits per heavy atom. The summed E-state index contributed by atoms with van der Waals surface area (Å²) in [5.41, 5.74) is 0. The van der Waals surface area contributed by atoms with Crippen LogP contribution in [0.15, 0.2) is 24.3 Å². The third kappa shape index (κ3) is 3.57. The molecular weight excluding hydrogens is 372 g/mol. The van der Waals surface area contributed by atoms with Crippen LogP contribution >= 0.6 is 22.9 Å². The molecule has 8 heteroatoms. The van der Waals surface area contributed by atoms with E-state index >= 15 is 0 Å². The Morgan fingerprint density at radius 1 is 1.12 bits per heavy atom. The number of halogens is 1. The number of thiophene rings is 1. The molecule has 1 aromatic carbocycles. The first-order valence-corrected chi connectivity index (χ1v) is 10.00. The number of fused-ring (bicyclic) bond motifs is 1. The van der Waals surface area contributed by atoms with E-state index in [0.29, 0.717) is 19.6 Å². The largest absolute Gasteiger partial charge is 0.336 e. The topological polar surface area (TPSA) is 55.9 Å². The summed E-state index contributed by atoms with van der Waals surface area (Å²) >= 11 is 8.30. The number of rotatable bonds is 4. The molecule has 26 heavy (non-hydrogen) atoms. The molecule has 0 spiro atoms. The molecule has 0 radical (unpaired) electrons. The number of carbonyl (C=O) groups is 2. The van der Waals surface area contributed by atoms with E-state index in [1.807, 2.05) is 12.1 Å². The lowest BCUT2D eigenvalue weighted by molar-refractivity contribution is -0.129. The van der Waals surface area contributed by atoms with Gasteiger partial charge in [-0.15, -0.1) is 11.3 Å². The van der Waals surface area contributed by atoms with Crippen molar-refractivity contribution in [1.82, 2.24) is 20.0 Å². The number of hydrogen-bond donors (Lipinski definition) is 1. The quantitative estimate of drug-likeness (QED) is 0.866. The van der Waals surface area contributed by atoms with E-state index in [0.717, 1.165) is 43.1 Å². The molecule has 2 fully saturated rings. The lowest BCUT2D eigenvalue weighted by atomic mass is 10.2. The molecule has 4 rings (SSSR count). The van der Waals surface area contributed by atoms with Crippen LogP contribution in [0.1, 0.15) is 4.88 Å². The van der Waals surface area contributed by atoms with Crippen molar-refractivity contribution in [2.24, 2.45) is 0 Å². The van der Waals surface area contributed by atoms with Gasteiger partial charge in [-0.3, -0.25) is 19.5 Å². The predicted molar refractivity (Wildman–Crippen MR) is 104 cm³/mol. The van der Waals surface area contributed by atoms with Crippen molar-refractivity contribution in [3.63, 3.8) is 0 Å². The Labute approximate surface area is 161 Å². The Morgan fingerprint density at radius 3 is 2.54 bits per heavy atom. The van der Waals surface area contributed by atoms with Crippen LogP contribution in [0.5, 0.6) is 0 Å². The molecule has 0 saturated carbocycles. The van der Waals surface area contributed by atoms with Crippen molar-refractivity contribution in [1.29, 1.82) is 0 Å². The van der Waals surface area contributed by atoms with Gasteiger partial charge in [0.2, 0.25) is 5.91 Å². The second-order valence-electron chi connectivity index (χ2n) is 6.66. The molecule has 3 amide bonds. The number of benzene rings is 1. The normalized spacial score (nSPS) is 19.3. The number of nitrogens with one attached hydrogen (secondary N) is 1. The maximum absolute atomic E-state index is 12.2. The number of amides is 3. The average Bonchev–Trinajstić information content (AvgIpc) is 3.21. The zero-order chi connectivity index (χ0) is 18.1. The fourth-order valence-corrected chi connectivity index (χ4v) is 5.00. The van der Waals surface area contributed by atoms with E-state index < -0.39 is 0 Å². The van der Waals surface area contributed by atoms with Crippen LogP contribution in [0.2, 0.25) is 5.02 Å². The summed E-state index contributed by atoms with van der Waals surface area (Å²) in [4.78, 5) is 30.8. The number of nitrogens with zero attached hydrogens (tertiary/aromatic N) is 3. The summed E-state index contributed by atoms with van der Waals surface area (Å²) in [7, 11) is 0. The van der Waals surface area contributed by atoms with E-state index in [4.69, 9.17) is 11.6 Å². The molecule has 2 aliphatic heterocycles. The van der Waals surface area contributed by atoms with E-state index in [1.54, 1.807) is 11.3 Å². The molecule has 0 unspecified atom stereocenters. The van der Waals surface area contributed by atoms with Gasteiger partial charge in [0.1, 0.15) is 0 Å². The molecule has 2 aromatic rings. The molecular formula is C18H21ClN4O2S. The van der Waals surface area contributed by atoms with Gasteiger partial charge in [-0.25, -0.2) is 4.79 Å². The minimum Gasteiger partial charge on any atom is -0.336 e. The van der Waals surface area contributed by atoms with Crippen molar-refractivity contribution in [2.45, 2.75) is 6.54 Å². The molecule has 2 aliphatic rings. The van der Waals surface area contributed by atoms with E-state index in [-0.39, 0.29) is 11.9 Å². The van der Waals surface area contributed by atoms with Crippen molar-refractivity contribution in [3.8, 4) is 0 Å². The highest BCUT2D eigenvalue weighted by Gasteiger charge is 2.28. The minimum atomic E-state index is -0.270. The SMILES string of the molecule is O=C(CN1CCN(Cc2sc3ccccc3c2Cl)CC1)N1CCNC1=O. The van der Waals surface area contributed by atoms with Crippen molar-refractivity contribution < 1.29 is 9.59 Å². The van der Waals surface area contributed by atoms with Gasteiger partial charge in [0.25, 0.3) is 0 Å². The van der Waals surface area contributed by atoms with E-state index in [2.05, 4.69) is 27.2 Å².